The van der Waals surface area contributed by atoms with Crippen molar-refractivity contribution >= 4 is 28.9 Å². The highest BCUT2D eigenvalue weighted by Gasteiger charge is 2.19. The zero-order valence-electron chi connectivity index (χ0n) is 10.9. The number of nitrogens with one attached hydrogen (secondary N) is 1. The Morgan fingerprint density at radius 3 is 3.16 bits per heavy atom. The Bertz CT molecular complexity index is 467. The Hall–Kier alpha value is -1.30. The van der Waals surface area contributed by atoms with E-state index in [1.54, 1.807) is 18.2 Å². The number of nitrogens with zero attached hydrogens (tertiary/aromatic N) is 1. The Morgan fingerprint density at radius 2 is 2.42 bits per heavy atom. The minimum absolute atomic E-state index is 0.0944. The maximum absolute atomic E-state index is 12.0. The molecule has 1 fully saturated rings. The molecule has 5 nitrogen and oxygen atoms in total. The number of nitrogen functional groups attached to an aromatic ring is 1. The van der Waals surface area contributed by atoms with E-state index >= 15 is 0 Å². The minimum atomic E-state index is -0.0944. The monoisotopic (exact) mass is 283 g/mol. The number of rotatable bonds is 3. The van der Waals surface area contributed by atoms with Crippen molar-refractivity contribution in [1.29, 1.82) is 0 Å². The van der Waals surface area contributed by atoms with Gasteiger partial charge in [0.1, 0.15) is 0 Å². The SMILES string of the molecule is CC1CN(CC(=O)Nc2cc(Cl)ccc2N)CCO1. The van der Waals surface area contributed by atoms with Gasteiger partial charge in [0.15, 0.2) is 0 Å². The molecule has 1 unspecified atom stereocenters. The van der Waals surface area contributed by atoms with Crippen LogP contribution in [-0.2, 0) is 9.53 Å². The molecule has 1 aromatic carbocycles. The molecule has 1 saturated heterocycles. The molecule has 104 valence electrons. The molecule has 1 amide bonds. The highest BCUT2D eigenvalue weighted by atomic mass is 35.5. The summed E-state index contributed by atoms with van der Waals surface area (Å²) in [4.78, 5) is 14.0. The van der Waals surface area contributed by atoms with Crippen LogP contribution in [0.2, 0.25) is 5.02 Å². The lowest BCUT2D eigenvalue weighted by Gasteiger charge is -2.30. The predicted octanol–water partition coefficient (Wildman–Crippen LogP) is 1.58. The molecule has 1 aromatic rings. The number of hydrogen-bond acceptors (Lipinski definition) is 4. The van der Waals surface area contributed by atoms with Gasteiger partial charge in [-0.25, -0.2) is 0 Å². The van der Waals surface area contributed by atoms with Crippen molar-refractivity contribution in [3.8, 4) is 0 Å². The van der Waals surface area contributed by atoms with E-state index in [0.717, 1.165) is 13.1 Å². The van der Waals surface area contributed by atoms with E-state index in [1.807, 2.05) is 6.92 Å². The molecule has 0 aliphatic carbocycles. The molecule has 6 heteroatoms. The molecular formula is C13H18ClN3O2. The van der Waals surface area contributed by atoms with E-state index in [-0.39, 0.29) is 12.0 Å². The van der Waals surface area contributed by atoms with E-state index < -0.39 is 0 Å². The Morgan fingerprint density at radius 1 is 1.63 bits per heavy atom. The van der Waals surface area contributed by atoms with Gasteiger partial charge in [0, 0.05) is 18.1 Å². The molecule has 0 radical (unpaired) electrons. The third-order valence-corrected chi connectivity index (χ3v) is 3.22. The molecule has 0 aromatic heterocycles. The smallest absolute Gasteiger partial charge is 0.238 e. The van der Waals surface area contributed by atoms with Gasteiger partial charge in [-0.15, -0.1) is 0 Å². The summed E-state index contributed by atoms with van der Waals surface area (Å²) in [6, 6.07) is 5.02. The number of amides is 1. The molecule has 1 atom stereocenters. The lowest BCUT2D eigenvalue weighted by Crippen LogP contribution is -2.44. The molecule has 0 saturated carbocycles. The zero-order valence-corrected chi connectivity index (χ0v) is 11.6. The van der Waals surface area contributed by atoms with E-state index in [4.69, 9.17) is 22.1 Å². The van der Waals surface area contributed by atoms with E-state index in [2.05, 4.69) is 10.2 Å². The summed E-state index contributed by atoms with van der Waals surface area (Å²) < 4.78 is 5.43. The first-order valence-electron chi connectivity index (χ1n) is 6.23. The molecule has 0 bridgehead atoms. The summed E-state index contributed by atoms with van der Waals surface area (Å²) in [5.74, 6) is -0.0944. The number of hydrogen-bond donors (Lipinski definition) is 2. The summed E-state index contributed by atoms with van der Waals surface area (Å²) in [6.45, 7) is 4.52. The van der Waals surface area contributed by atoms with Crippen molar-refractivity contribution in [2.45, 2.75) is 13.0 Å². The van der Waals surface area contributed by atoms with Crippen LogP contribution in [0.1, 0.15) is 6.92 Å². The molecule has 3 N–H and O–H groups in total. The number of carbonyl (C=O) groups is 1. The van der Waals surface area contributed by atoms with Crippen molar-refractivity contribution in [2.24, 2.45) is 0 Å². The number of ether oxygens (including phenoxy) is 1. The number of benzene rings is 1. The predicted molar refractivity (Wildman–Crippen MR) is 76.3 cm³/mol. The second kappa shape index (κ2) is 6.23. The molecule has 19 heavy (non-hydrogen) atoms. The highest BCUT2D eigenvalue weighted by molar-refractivity contribution is 6.31. The maximum atomic E-state index is 12.0. The van der Waals surface area contributed by atoms with Crippen LogP contribution in [0.15, 0.2) is 18.2 Å². The third kappa shape index (κ3) is 4.09. The maximum Gasteiger partial charge on any atom is 0.238 e. The Labute approximate surface area is 117 Å². The van der Waals surface area contributed by atoms with Crippen LogP contribution in [0.3, 0.4) is 0 Å². The fourth-order valence-corrected chi connectivity index (χ4v) is 2.24. The fraction of sp³-hybridized carbons (Fsp3) is 0.462. The van der Waals surface area contributed by atoms with Crippen LogP contribution < -0.4 is 11.1 Å². The van der Waals surface area contributed by atoms with Gasteiger partial charge in [-0.2, -0.15) is 0 Å². The highest BCUT2D eigenvalue weighted by Crippen LogP contribution is 2.22. The molecule has 1 heterocycles. The first-order valence-corrected chi connectivity index (χ1v) is 6.61. The summed E-state index contributed by atoms with van der Waals surface area (Å²) >= 11 is 5.88. The normalized spacial score (nSPS) is 20.2. The Balaban J connectivity index is 1.92. The van der Waals surface area contributed by atoms with Crippen molar-refractivity contribution in [3.05, 3.63) is 23.2 Å². The molecule has 1 aliphatic rings. The van der Waals surface area contributed by atoms with Gasteiger partial charge in [-0.1, -0.05) is 11.6 Å². The van der Waals surface area contributed by atoms with Gasteiger partial charge in [-0.05, 0) is 25.1 Å². The summed E-state index contributed by atoms with van der Waals surface area (Å²) in [5, 5.41) is 3.33. The standard InChI is InChI=1S/C13H18ClN3O2/c1-9-7-17(4-5-19-9)8-13(18)16-12-6-10(14)2-3-11(12)15/h2-3,6,9H,4-5,7-8,15H2,1H3,(H,16,18). The van der Waals surface area contributed by atoms with E-state index in [1.165, 1.54) is 0 Å². The van der Waals surface area contributed by atoms with Crippen molar-refractivity contribution in [1.82, 2.24) is 4.90 Å². The number of morpholine rings is 1. The average Bonchev–Trinajstić information content (AvgIpc) is 2.34. The van der Waals surface area contributed by atoms with Crippen LogP contribution in [-0.4, -0.2) is 43.2 Å². The first-order chi connectivity index (χ1) is 9.04. The van der Waals surface area contributed by atoms with Gasteiger partial charge in [0.25, 0.3) is 0 Å². The molecule has 2 rings (SSSR count). The molecule has 0 spiro atoms. The van der Waals surface area contributed by atoms with Crippen LogP contribution in [0.4, 0.5) is 11.4 Å². The fourth-order valence-electron chi connectivity index (χ4n) is 2.06. The van der Waals surface area contributed by atoms with Crippen LogP contribution in [0.25, 0.3) is 0 Å². The van der Waals surface area contributed by atoms with Gasteiger partial charge in [-0.3, -0.25) is 9.69 Å². The number of nitrogens with two attached hydrogens (primary N) is 1. The van der Waals surface area contributed by atoms with Crippen molar-refractivity contribution in [2.75, 3.05) is 37.3 Å². The quantitative estimate of drug-likeness (QED) is 0.827. The van der Waals surface area contributed by atoms with Gasteiger partial charge in [0.2, 0.25) is 5.91 Å². The number of anilines is 2. The third-order valence-electron chi connectivity index (χ3n) is 2.98. The van der Waals surface area contributed by atoms with Crippen molar-refractivity contribution < 1.29 is 9.53 Å². The van der Waals surface area contributed by atoms with E-state index in [9.17, 15) is 4.79 Å². The molecular weight excluding hydrogens is 266 g/mol. The topological polar surface area (TPSA) is 67.6 Å². The average molecular weight is 284 g/mol. The van der Waals surface area contributed by atoms with Crippen molar-refractivity contribution in [3.63, 3.8) is 0 Å². The summed E-state index contributed by atoms with van der Waals surface area (Å²) in [6.07, 6.45) is 0.165. The Kier molecular flexibility index (Phi) is 4.63. The number of carbonyl (C=O) groups excluding carboxylic acids is 1. The van der Waals surface area contributed by atoms with Gasteiger partial charge < -0.3 is 15.8 Å². The largest absolute Gasteiger partial charge is 0.397 e. The second-order valence-electron chi connectivity index (χ2n) is 4.70. The molecule has 1 aliphatic heterocycles. The number of halogens is 1. The van der Waals surface area contributed by atoms with Gasteiger partial charge in [0.05, 0.1) is 30.6 Å². The van der Waals surface area contributed by atoms with Gasteiger partial charge >= 0.3 is 0 Å². The van der Waals surface area contributed by atoms with Crippen LogP contribution in [0, 0.1) is 0 Å². The second-order valence-corrected chi connectivity index (χ2v) is 5.13. The summed E-state index contributed by atoms with van der Waals surface area (Å²) in [7, 11) is 0. The summed E-state index contributed by atoms with van der Waals surface area (Å²) in [5.41, 5.74) is 6.85. The van der Waals surface area contributed by atoms with E-state index in [0.29, 0.717) is 29.5 Å². The van der Waals surface area contributed by atoms with Crippen LogP contribution >= 0.6 is 11.6 Å². The first kappa shape index (κ1) is 14.1. The lowest BCUT2D eigenvalue weighted by atomic mass is 10.2. The minimum Gasteiger partial charge on any atom is -0.397 e. The van der Waals surface area contributed by atoms with Crippen LogP contribution in [0.5, 0.6) is 0 Å². The zero-order chi connectivity index (χ0) is 13.8. The lowest BCUT2D eigenvalue weighted by molar-refractivity contribution is -0.119.